The van der Waals surface area contributed by atoms with E-state index in [0.717, 1.165) is 52.5 Å². The minimum absolute atomic E-state index is 0.0659. The van der Waals surface area contributed by atoms with Crippen molar-refractivity contribution in [1.29, 1.82) is 0 Å². The van der Waals surface area contributed by atoms with E-state index in [2.05, 4.69) is 52.5 Å². The predicted octanol–water partition coefficient (Wildman–Crippen LogP) is 6.09. The standard InChI is InChI=1S/C26H37NO3S/c1-8-10-11-23(31-16-15-29-6)27(14-9-2)25(28)24-19(3)22-13-12-21(30-7)17-20(22)18-26(24,4)5/h9,11-13,17H,2,8,10,14-16,18H2,1,3-7H3. The van der Waals surface area contributed by atoms with Crippen molar-refractivity contribution in [2.45, 2.75) is 47.0 Å². The number of ether oxygens (including phenoxy) is 2. The van der Waals surface area contributed by atoms with Crippen molar-refractivity contribution >= 4 is 23.2 Å². The zero-order chi connectivity index (χ0) is 23.0. The van der Waals surface area contributed by atoms with Crippen LogP contribution in [-0.4, -0.2) is 43.9 Å². The van der Waals surface area contributed by atoms with Gasteiger partial charge in [-0.15, -0.1) is 18.3 Å². The third-order valence-corrected chi connectivity index (χ3v) is 6.64. The Kier molecular flexibility index (Phi) is 9.45. The first-order valence-corrected chi connectivity index (χ1v) is 11.9. The molecule has 0 saturated carbocycles. The highest BCUT2D eigenvalue weighted by Gasteiger charge is 2.38. The van der Waals surface area contributed by atoms with Gasteiger partial charge in [-0.25, -0.2) is 0 Å². The number of carbonyl (C=O) groups is 1. The van der Waals surface area contributed by atoms with Gasteiger partial charge in [0.1, 0.15) is 5.75 Å². The molecule has 0 aliphatic heterocycles. The lowest BCUT2D eigenvalue weighted by atomic mass is 9.69. The molecular formula is C26H37NO3S. The van der Waals surface area contributed by atoms with Crippen molar-refractivity contribution in [2.24, 2.45) is 5.41 Å². The second-order valence-corrected chi connectivity index (χ2v) is 9.58. The van der Waals surface area contributed by atoms with Gasteiger partial charge in [-0.05, 0) is 54.0 Å². The van der Waals surface area contributed by atoms with Gasteiger partial charge in [0.25, 0.3) is 5.91 Å². The van der Waals surface area contributed by atoms with Crippen LogP contribution in [0.3, 0.4) is 0 Å². The molecule has 1 aliphatic carbocycles. The fourth-order valence-electron chi connectivity index (χ4n) is 4.15. The monoisotopic (exact) mass is 443 g/mol. The zero-order valence-electron chi connectivity index (χ0n) is 19.9. The van der Waals surface area contributed by atoms with Gasteiger partial charge < -0.3 is 9.47 Å². The zero-order valence-corrected chi connectivity index (χ0v) is 20.7. The van der Waals surface area contributed by atoms with Crippen LogP contribution >= 0.6 is 11.8 Å². The summed E-state index contributed by atoms with van der Waals surface area (Å²) in [7, 11) is 3.39. The lowest BCUT2D eigenvalue weighted by Gasteiger charge is -2.38. The molecule has 5 heteroatoms. The molecule has 1 aromatic rings. The Bertz CT molecular complexity index is 854. The van der Waals surface area contributed by atoms with E-state index in [1.54, 1.807) is 32.1 Å². The highest BCUT2D eigenvalue weighted by atomic mass is 32.2. The Labute approximate surface area is 192 Å². The molecule has 1 aromatic carbocycles. The van der Waals surface area contributed by atoms with E-state index in [1.165, 1.54) is 5.56 Å². The molecule has 4 nitrogen and oxygen atoms in total. The van der Waals surface area contributed by atoms with E-state index in [1.807, 2.05) is 11.0 Å². The number of benzene rings is 1. The highest BCUT2D eigenvalue weighted by molar-refractivity contribution is 8.03. The summed E-state index contributed by atoms with van der Waals surface area (Å²) < 4.78 is 10.7. The maximum Gasteiger partial charge on any atom is 0.255 e. The number of fused-ring (bicyclic) bond motifs is 1. The summed E-state index contributed by atoms with van der Waals surface area (Å²) in [6, 6.07) is 6.14. The molecule has 0 unspecified atom stereocenters. The minimum atomic E-state index is -0.285. The number of thioether (sulfide) groups is 1. The molecule has 0 heterocycles. The first kappa shape index (κ1) is 25.3. The van der Waals surface area contributed by atoms with E-state index in [0.29, 0.717) is 13.2 Å². The summed E-state index contributed by atoms with van der Waals surface area (Å²) in [5, 5.41) is 0.987. The Morgan fingerprint density at radius 1 is 1.32 bits per heavy atom. The molecule has 31 heavy (non-hydrogen) atoms. The summed E-state index contributed by atoms with van der Waals surface area (Å²) in [4.78, 5) is 15.9. The van der Waals surface area contributed by atoms with Crippen LogP contribution in [0.5, 0.6) is 5.75 Å². The topological polar surface area (TPSA) is 38.8 Å². The smallest absolute Gasteiger partial charge is 0.255 e. The van der Waals surface area contributed by atoms with Gasteiger partial charge in [0.05, 0.1) is 18.7 Å². The first-order valence-electron chi connectivity index (χ1n) is 10.9. The number of carbonyl (C=O) groups excluding carboxylic acids is 1. The Hall–Kier alpha value is -1.98. The molecule has 0 bridgehead atoms. The summed E-state index contributed by atoms with van der Waals surface area (Å²) in [5.41, 5.74) is 4.00. The fourth-order valence-corrected chi connectivity index (χ4v) is 5.16. The van der Waals surface area contributed by atoms with Crippen LogP contribution in [0.25, 0.3) is 5.57 Å². The van der Waals surface area contributed by atoms with E-state index >= 15 is 0 Å². The van der Waals surface area contributed by atoms with Crippen LogP contribution in [0, 0.1) is 5.41 Å². The van der Waals surface area contributed by atoms with Gasteiger partial charge in [-0.3, -0.25) is 9.69 Å². The Balaban J connectivity index is 2.51. The number of hydrogen-bond donors (Lipinski definition) is 0. The molecule has 2 rings (SSSR count). The van der Waals surface area contributed by atoms with E-state index < -0.39 is 0 Å². The van der Waals surface area contributed by atoms with Gasteiger partial charge in [-0.2, -0.15) is 0 Å². The lowest BCUT2D eigenvalue weighted by molar-refractivity contribution is -0.125. The SMILES string of the molecule is C=CCN(C(=O)C1=C(C)c2ccc(OC)cc2CC1(C)C)C(=CCCC)SCCOC. The van der Waals surface area contributed by atoms with E-state index in [4.69, 9.17) is 9.47 Å². The second-order valence-electron chi connectivity index (χ2n) is 8.46. The van der Waals surface area contributed by atoms with Crippen LogP contribution in [-0.2, 0) is 16.0 Å². The van der Waals surface area contributed by atoms with Crippen LogP contribution < -0.4 is 4.74 Å². The average molecular weight is 444 g/mol. The second kappa shape index (κ2) is 11.6. The van der Waals surface area contributed by atoms with Crippen molar-refractivity contribution in [3.8, 4) is 5.75 Å². The Morgan fingerprint density at radius 3 is 2.68 bits per heavy atom. The van der Waals surface area contributed by atoms with Gasteiger partial charge in [0.2, 0.25) is 0 Å². The number of nitrogens with zero attached hydrogens (tertiary/aromatic N) is 1. The number of amides is 1. The number of allylic oxidation sites excluding steroid dienone is 2. The largest absolute Gasteiger partial charge is 0.497 e. The van der Waals surface area contributed by atoms with Crippen molar-refractivity contribution in [1.82, 2.24) is 4.90 Å². The van der Waals surface area contributed by atoms with E-state index in [-0.39, 0.29) is 11.3 Å². The average Bonchev–Trinajstić information content (AvgIpc) is 2.73. The van der Waals surface area contributed by atoms with Gasteiger partial charge in [-0.1, -0.05) is 45.4 Å². The molecule has 0 saturated heterocycles. The van der Waals surface area contributed by atoms with Gasteiger partial charge >= 0.3 is 0 Å². The summed E-state index contributed by atoms with van der Waals surface area (Å²) in [5.74, 6) is 1.72. The third-order valence-electron chi connectivity index (χ3n) is 5.58. The molecule has 0 spiro atoms. The van der Waals surface area contributed by atoms with Crippen LogP contribution in [0.4, 0.5) is 0 Å². The van der Waals surface area contributed by atoms with Crippen LogP contribution in [0.15, 0.2) is 47.5 Å². The van der Waals surface area contributed by atoms with Crippen LogP contribution in [0.1, 0.15) is 51.7 Å². The highest BCUT2D eigenvalue weighted by Crippen LogP contribution is 2.44. The fraction of sp³-hybridized carbons (Fsp3) is 0.500. The number of unbranched alkanes of at least 4 members (excludes halogenated alkanes) is 1. The number of rotatable bonds is 11. The summed E-state index contributed by atoms with van der Waals surface area (Å²) in [6.07, 6.45) is 6.74. The number of methoxy groups -OCH3 is 2. The molecule has 0 fully saturated rings. The van der Waals surface area contributed by atoms with Crippen molar-refractivity contribution in [3.05, 3.63) is 58.7 Å². The van der Waals surface area contributed by atoms with Crippen LogP contribution in [0.2, 0.25) is 0 Å². The van der Waals surface area contributed by atoms with E-state index in [9.17, 15) is 4.79 Å². The van der Waals surface area contributed by atoms with Gasteiger partial charge in [0, 0.05) is 25.0 Å². The third kappa shape index (κ3) is 6.05. The lowest BCUT2D eigenvalue weighted by Crippen LogP contribution is -2.38. The normalized spacial score (nSPS) is 15.5. The first-order chi connectivity index (χ1) is 14.8. The molecule has 0 aromatic heterocycles. The van der Waals surface area contributed by atoms with Crippen molar-refractivity contribution in [2.75, 3.05) is 33.1 Å². The molecular weight excluding hydrogens is 406 g/mol. The van der Waals surface area contributed by atoms with Crippen molar-refractivity contribution < 1.29 is 14.3 Å². The predicted molar refractivity (Wildman–Crippen MR) is 132 cm³/mol. The molecule has 1 amide bonds. The summed E-state index contributed by atoms with van der Waals surface area (Å²) >= 11 is 1.67. The molecule has 170 valence electrons. The van der Waals surface area contributed by atoms with Gasteiger partial charge in [0.15, 0.2) is 0 Å². The summed E-state index contributed by atoms with van der Waals surface area (Å²) in [6.45, 7) is 13.6. The molecule has 0 radical (unpaired) electrons. The molecule has 1 aliphatic rings. The maximum absolute atomic E-state index is 14.0. The quantitative estimate of drug-likeness (QED) is 0.307. The number of hydrogen-bond acceptors (Lipinski definition) is 4. The Morgan fingerprint density at radius 2 is 2.06 bits per heavy atom. The maximum atomic E-state index is 14.0. The molecule has 0 atom stereocenters. The van der Waals surface area contributed by atoms with Crippen molar-refractivity contribution in [3.63, 3.8) is 0 Å². The minimum Gasteiger partial charge on any atom is -0.497 e. The molecule has 0 N–H and O–H groups in total.